The quantitative estimate of drug-likeness (QED) is 0.794. The summed E-state index contributed by atoms with van der Waals surface area (Å²) in [6.45, 7) is 5.53. The first-order chi connectivity index (χ1) is 11.8. The summed E-state index contributed by atoms with van der Waals surface area (Å²) in [4.78, 5) is 3.33. The first-order valence-corrected chi connectivity index (χ1v) is 10.8. The number of hydrogen-bond acceptors (Lipinski definition) is 6. The molecule has 1 aliphatic rings. The minimum atomic E-state index is -3.14. The van der Waals surface area contributed by atoms with Crippen molar-refractivity contribution in [3.63, 3.8) is 0 Å². The number of nitrogens with one attached hydrogen (secondary N) is 1. The molecule has 0 fully saturated rings. The zero-order valence-electron chi connectivity index (χ0n) is 14.5. The molecule has 6 nitrogen and oxygen atoms in total. The van der Waals surface area contributed by atoms with E-state index in [1.165, 1.54) is 11.2 Å². The molecule has 1 aromatic heterocycles. The zero-order valence-corrected chi connectivity index (χ0v) is 16.2. The van der Waals surface area contributed by atoms with Gasteiger partial charge < -0.3 is 14.1 Å². The zero-order chi connectivity index (χ0) is 18.0. The van der Waals surface area contributed by atoms with Crippen molar-refractivity contribution in [1.29, 1.82) is 0 Å². The molecule has 0 radical (unpaired) electrons. The summed E-state index contributed by atoms with van der Waals surface area (Å²) in [6.07, 6.45) is 1.17. The van der Waals surface area contributed by atoms with Gasteiger partial charge in [-0.15, -0.1) is 11.8 Å². The van der Waals surface area contributed by atoms with E-state index in [1.54, 1.807) is 11.8 Å². The molecule has 0 amide bonds. The summed E-state index contributed by atoms with van der Waals surface area (Å²) in [7, 11) is -3.14. The van der Waals surface area contributed by atoms with Crippen LogP contribution in [-0.2, 0) is 10.0 Å². The van der Waals surface area contributed by atoms with Crippen molar-refractivity contribution in [3.05, 3.63) is 40.6 Å². The van der Waals surface area contributed by atoms with Crippen LogP contribution in [0.15, 0.2) is 39.3 Å². The molecule has 1 N–H and O–H groups in total. The molecule has 136 valence electrons. The molecule has 2 aromatic rings. The number of thioether (sulfide) groups is 1. The van der Waals surface area contributed by atoms with Crippen LogP contribution >= 0.6 is 11.8 Å². The van der Waals surface area contributed by atoms with Gasteiger partial charge in [-0.05, 0) is 38.1 Å². The Balaban J connectivity index is 1.58. The van der Waals surface area contributed by atoms with E-state index < -0.39 is 10.0 Å². The monoisotopic (exact) mass is 382 g/mol. The fourth-order valence-electron chi connectivity index (χ4n) is 2.67. The van der Waals surface area contributed by atoms with Gasteiger partial charge in [-0.3, -0.25) is 0 Å². The number of furan rings is 1. The van der Waals surface area contributed by atoms with Crippen molar-refractivity contribution < 1.29 is 17.6 Å². The lowest BCUT2D eigenvalue weighted by Crippen LogP contribution is -2.32. The van der Waals surface area contributed by atoms with E-state index in [0.29, 0.717) is 19.7 Å². The molecule has 25 heavy (non-hydrogen) atoms. The highest BCUT2D eigenvalue weighted by atomic mass is 32.2. The second kappa shape index (κ2) is 7.31. The van der Waals surface area contributed by atoms with Crippen LogP contribution in [0.4, 0.5) is 0 Å². The Morgan fingerprint density at radius 3 is 2.88 bits per heavy atom. The van der Waals surface area contributed by atoms with Gasteiger partial charge in [0.1, 0.15) is 23.7 Å². The van der Waals surface area contributed by atoms with E-state index >= 15 is 0 Å². The summed E-state index contributed by atoms with van der Waals surface area (Å²) >= 11 is 1.73. The maximum Gasteiger partial charge on any atom is 0.208 e. The second-order valence-corrected chi connectivity index (χ2v) is 8.93. The number of fused-ring (bicyclic) bond motifs is 1. The summed E-state index contributed by atoms with van der Waals surface area (Å²) < 4.78 is 36.3. The number of rotatable bonds is 7. The normalized spacial score (nSPS) is 15.4. The fourth-order valence-corrected chi connectivity index (χ4v) is 4.25. The lowest BCUT2D eigenvalue weighted by Gasteiger charge is -2.19. The van der Waals surface area contributed by atoms with Gasteiger partial charge in [-0.2, -0.15) is 0 Å². The minimum absolute atomic E-state index is 0.404. The van der Waals surface area contributed by atoms with E-state index in [2.05, 4.69) is 9.62 Å². The Bertz CT molecular complexity index is 903. The smallest absolute Gasteiger partial charge is 0.208 e. The van der Waals surface area contributed by atoms with Gasteiger partial charge >= 0.3 is 0 Å². The summed E-state index contributed by atoms with van der Waals surface area (Å²) in [5.74, 6) is 2.51. The van der Waals surface area contributed by atoms with E-state index in [4.69, 9.17) is 9.15 Å². The van der Waals surface area contributed by atoms with Gasteiger partial charge in [0.05, 0.1) is 12.1 Å². The molecular formula is C17H22N2O4S2. The molecule has 0 unspecified atom stereocenters. The molecule has 0 atom stereocenters. The molecule has 0 saturated heterocycles. The average Bonchev–Trinajstić information content (AvgIpc) is 3.06. The Morgan fingerprint density at radius 2 is 2.12 bits per heavy atom. The van der Waals surface area contributed by atoms with Gasteiger partial charge in [0.15, 0.2) is 0 Å². The van der Waals surface area contributed by atoms with Crippen molar-refractivity contribution in [2.24, 2.45) is 0 Å². The summed E-state index contributed by atoms with van der Waals surface area (Å²) in [5, 5.41) is 1.04. The number of allylic oxidation sites excluding steroid dienone is 1. The van der Waals surface area contributed by atoms with Crippen molar-refractivity contribution in [2.45, 2.75) is 13.8 Å². The van der Waals surface area contributed by atoms with Crippen LogP contribution in [0.1, 0.15) is 12.7 Å². The highest BCUT2D eigenvalue weighted by Crippen LogP contribution is 2.32. The van der Waals surface area contributed by atoms with Gasteiger partial charge in [-0.1, -0.05) is 0 Å². The first-order valence-electron chi connectivity index (χ1n) is 7.97. The van der Waals surface area contributed by atoms with Crippen LogP contribution < -0.4 is 9.46 Å². The van der Waals surface area contributed by atoms with Crippen molar-refractivity contribution in [1.82, 2.24) is 9.62 Å². The van der Waals surface area contributed by atoms with Crippen LogP contribution in [0.3, 0.4) is 0 Å². The molecule has 1 aliphatic heterocycles. The number of aryl methyl sites for hydroxylation is 1. The van der Waals surface area contributed by atoms with Crippen LogP contribution in [0, 0.1) is 6.92 Å². The maximum atomic E-state index is 11.1. The highest BCUT2D eigenvalue weighted by molar-refractivity contribution is 8.03. The van der Waals surface area contributed by atoms with Crippen LogP contribution in [-0.4, -0.2) is 45.1 Å². The molecule has 1 aromatic carbocycles. The van der Waals surface area contributed by atoms with E-state index in [-0.39, 0.29) is 0 Å². The third-order valence-electron chi connectivity index (χ3n) is 4.00. The number of benzene rings is 1. The molecule has 8 heteroatoms. The third kappa shape index (κ3) is 4.71. The van der Waals surface area contributed by atoms with Gasteiger partial charge in [0.25, 0.3) is 0 Å². The fraction of sp³-hybridized carbons (Fsp3) is 0.412. The first kappa shape index (κ1) is 18.2. The third-order valence-corrected chi connectivity index (χ3v) is 5.93. The Kier molecular flexibility index (Phi) is 5.31. The molecule has 0 saturated carbocycles. The molecule has 2 heterocycles. The standard InChI is InChI=1S/C17H22N2O4S2/c1-12-8-14-9-15(4-5-16(14)23-12)22-10-17-13(2)19(11-24-17)7-6-18-25(3,20)21/h4-5,8-9,18H,6-7,10-11H2,1-3H3. The number of ether oxygens (including phenoxy) is 1. The van der Waals surface area contributed by atoms with E-state index in [0.717, 1.165) is 34.1 Å². The molecule has 0 bridgehead atoms. The SMILES string of the molecule is CC1=C(COc2ccc3oc(C)cc3c2)SCN1CCNS(C)(=O)=O. The largest absolute Gasteiger partial charge is 0.488 e. The number of nitrogens with zero attached hydrogens (tertiary/aromatic N) is 1. The van der Waals surface area contributed by atoms with Crippen LogP contribution in [0.5, 0.6) is 5.75 Å². The van der Waals surface area contributed by atoms with E-state index in [1.807, 2.05) is 38.1 Å². The van der Waals surface area contributed by atoms with Crippen molar-refractivity contribution in [2.75, 3.05) is 31.8 Å². The predicted octanol–water partition coefficient (Wildman–Crippen LogP) is 2.91. The molecule has 0 spiro atoms. The predicted molar refractivity (Wildman–Crippen MR) is 101 cm³/mol. The average molecular weight is 383 g/mol. The lowest BCUT2D eigenvalue weighted by atomic mass is 10.2. The Labute approximate surface area is 152 Å². The van der Waals surface area contributed by atoms with Gasteiger partial charge in [0.2, 0.25) is 10.0 Å². The molecule has 0 aliphatic carbocycles. The van der Waals surface area contributed by atoms with Gasteiger partial charge in [-0.25, -0.2) is 13.1 Å². The van der Waals surface area contributed by atoms with Gasteiger partial charge in [0, 0.05) is 29.1 Å². The Hall–Kier alpha value is -1.64. The van der Waals surface area contributed by atoms with Crippen molar-refractivity contribution >= 4 is 32.8 Å². The van der Waals surface area contributed by atoms with E-state index in [9.17, 15) is 8.42 Å². The topological polar surface area (TPSA) is 71.8 Å². The van der Waals surface area contributed by atoms with Crippen LogP contribution in [0.2, 0.25) is 0 Å². The Morgan fingerprint density at radius 1 is 1.32 bits per heavy atom. The highest BCUT2D eigenvalue weighted by Gasteiger charge is 2.20. The number of sulfonamides is 1. The number of hydrogen-bond donors (Lipinski definition) is 1. The molecular weight excluding hydrogens is 360 g/mol. The summed E-state index contributed by atoms with van der Waals surface area (Å²) in [6, 6.07) is 7.81. The lowest BCUT2D eigenvalue weighted by molar-refractivity contribution is 0.352. The molecule has 3 rings (SSSR count). The second-order valence-electron chi connectivity index (χ2n) is 6.06. The van der Waals surface area contributed by atoms with Crippen LogP contribution in [0.25, 0.3) is 11.0 Å². The minimum Gasteiger partial charge on any atom is -0.488 e. The summed E-state index contributed by atoms with van der Waals surface area (Å²) in [5.41, 5.74) is 2.00. The maximum absolute atomic E-state index is 11.1. The van der Waals surface area contributed by atoms with Crippen molar-refractivity contribution in [3.8, 4) is 5.75 Å².